The summed E-state index contributed by atoms with van der Waals surface area (Å²) in [4.78, 5) is 4.54. The topological polar surface area (TPSA) is 46.0 Å². The van der Waals surface area contributed by atoms with Crippen LogP contribution in [0.1, 0.15) is 5.56 Å². The Hall–Kier alpha value is -1.69. The third-order valence-corrected chi connectivity index (χ3v) is 4.80. The van der Waals surface area contributed by atoms with Gasteiger partial charge in [-0.15, -0.1) is 0 Å². The van der Waals surface area contributed by atoms with E-state index in [1.165, 1.54) is 0 Å². The first-order valence-corrected chi connectivity index (χ1v) is 8.54. The molecule has 0 unspecified atom stereocenters. The van der Waals surface area contributed by atoms with Gasteiger partial charge in [0.1, 0.15) is 11.4 Å². The van der Waals surface area contributed by atoms with Gasteiger partial charge in [-0.3, -0.25) is 5.43 Å². The summed E-state index contributed by atoms with van der Waals surface area (Å²) in [6.45, 7) is 0. The number of hydrogen-bond acceptors (Lipinski definition) is 4. The van der Waals surface area contributed by atoms with Crippen molar-refractivity contribution in [3.05, 3.63) is 58.1 Å². The van der Waals surface area contributed by atoms with E-state index in [-0.39, 0.29) is 0 Å². The van der Waals surface area contributed by atoms with Crippen LogP contribution in [0.15, 0.2) is 52.6 Å². The molecule has 0 atom stereocenters. The van der Waals surface area contributed by atoms with Gasteiger partial charge >= 0.3 is 0 Å². The zero-order valence-corrected chi connectivity index (χ0v) is 14.5. The van der Waals surface area contributed by atoms with Crippen LogP contribution < -0.4 is 10.2 Å². The highest BCUT2D eigenvalue weighted by atomic mass is 35.5. The Balaban J connectivity index is 1.80. The molecule has 0 aromatic heterocycles. The molecule has 0 saturated heterocycles. The fourth-order valence-corrected chi connectivity index (χ4v) is 3.10. The Morgan fingerprint density at radius 2 is 2.00 bits per heavy atom. The quantitative estimate of drug-likeness (QED) is 0.854. The van der Waals surface area contributed by atoms with Gasteiger partial charge in [-0.25, -0.2) is 4.99 Å². The van der Waals surface area contributed by atoms with Crippen molar-refractivity contribution in [1.82, 2.24) is 5.43 Å². The number of amidine groups is 1. The summed E-state index contributed by atoms with van der Waals surface area (Å²) >= 11 is 13.6. The zero-order valence-electron chi connectivity index (χ0n) is 12.2. The molecule has 0 saturated carbocycles. The number of methoxy groups -OCH3 is 1. The highest BCUT2D eigenvalue weighted by Gasteiger charge is 2.14. The smallest absolute Gasteiger partial charge is 0.182 e. The van der Waals surface area contributed by atoms with E-state index in [4.69, 9.17) is 27.9 Å². The molecule has 0 fully saturated rings. The predicted octanol–water partition coefficient (Wildman–Crippen LogP) is 4.73. The number of thioether (sulfide) groups is 1. The number of hydrazone groups is 1. The van der Waals surface area contributed by atoms with E-state index in [1.807, 2.05) is 36.4 Å². The van der Waals surface area contributed by atoms with Crippen molar-refractivity contribution < 1.29 is 4.74 Å². The Kier molecular flexibility index (Phi) is 5.10. The summed E-state index contributed by atoms with van der Waals surface area (Å²) in [5.41, 5.74) is 5.57. The standard InChI is InChI=1S/C16H13Cl2N3OS/c1-22-15-5-3-2-4-13(15)19-16-21-20-14(9-23-16)10-6-7-11(17)12(18)8-10/h2-8H,9H2,1H3,(H,19,21). The molecule has 0 aliphatic carbocycles. The average Bonchev–Trinajstić information content (AvgIpc) is 2.58. The highest BCUT2D eigenvalue weighted by Crippen LogP contribution is 2.28. The number of halogens is 2. The van der Waals surface area contributed by atoms with Crippen molar-refractivity contribution in [2.24, 2.45) is 10.1 Å². The number of benzene rings is 2. The first-order chi connectivity index (χ1) is 11.2. The molecule has 2 aromatic carbocycles. The van der Waals surface area contributed by atoms with Crippen LogP contribution in [-0.2, 0) is 0 Å². The molecular weight excluding hydrogens is 353 g/mol. The van der Waals surface area contributed by atoms with Crippen molar-refractivity contribution in [1.29, 1.82) is 0 Å². The van der Waals surface area contributed by atoms with Gasteiger partial charge in [-0.05, 0) is 24.3 Å². The number of ether oxygens (including phenoxy) is 1. The molecule has 1 N–H and O–H groups in total. The van der Waals surface area contributed by atoms with Crippen LogP contribution in [0, 0.1) is 0 Å². The minimum absolute atomic E-state index is 0.519. The largest absolute Gasteiger partial charge is 0.494 e. The molecule has 23 heavy (non-hydrogen) atoms. The van der Waals surface area contributed by atoms with E-state index in [2.05, 4.69) is 15.5 Å². The second-order valence-electron chi connectivity index (χ2n) is 4.68. The molecule has 4 nitrogen and oxygen atoms in total. The van der Waals surface area contributed by atoms with Crippen molar-refractivity contribution in [2.45, 2.75) is 0 Å². The van der Waals surface area contributed by atoms with E-state index in [0.717, 1.165) is 27.9 Å². The lowest BCUT2D eigenvalue weighted by Gasteiger charge is -2.15. The van der Waals surface area contributed by atoms with Gasteiger partial charge < -0.3 is 4.74 Å². The van der Waals surface area contributed by atoms with Crippen LogP contribution in [0.4, 0.5) is 5.69 Å². The maximum Gasteiger partial charge on any atom is 0.182 e. The molecule has 2 aromatic rings. The molecular formula is C16H13Cl2N3OS. The molecule has 0 radical (unpaired) electrons. The first-order valence-electron chi connectivity index (χ1n) is 6.80. The summed E-state index contributed by atoms with van der Waals surface area (Å²) in [5, 5.41) is 6.15. The first kappa shape index (κ1) is 16.2. The third-order valence-electron chi connectivity index (χ3n) is 3.19. The van der Waals surface area contributed by atoms with Gasteiger partial charge in [-0.1, -0.05) is 53.2 Å². The van der Waals surface area contributed by atoms with E-state index < -0.39 is 0 Å². The molecule has 0 bridgehead atoms. The maximum atomic E-state index is 6.05. The fourth-order valence-electron chi connectivity index (χ4n) is 2.03. The number of rotatable bonds is 3. The van der Waals surface area contributed by atoms with Crippen LogP contribution >= 0.6 is 35.0 Å². The van der Waals surface area contributed by atoms with E-state index in [1.54, 1.807) is 24.9 Å². The monoisotopic (exact) mass is 365 g/mol. The summed E-state index contributed by atoms with van der Waals surface area (Å²) in [6, 6.07) is 13.1. The van der Waals surface area contributed by atoms with Gasteiger partial charge in [-0.2, -0.15) is 5.10 Å². The van der Waals surface area contributed by atoms with Gasteiger partial charge in [0.25, 0.3) is 0 Å². The van der Waals surface area contributed by atoms with Gasteiger partial charge in [0.2, 0.25) is 0 Å². The van der Waals surface area contributed by atoms with Crippen LogP contribution in [0.3, 0.4) is 0 Å². The van der Waals surface area contributed by atoms with Crippen molar-refractivity contribution in [3.63, 3.8) is 0 Å². The van der Waals surface area contributed by atoms with E-state index in [0.29, 0.717) is 15.8 Å². The Morgan fingerprint density at radius 1 is 1.17 bits per heavy atom. The summed E-state index contributed by atoms with van der Waals surface area (Å²) in [5.74, 6) is 1.42. The predicted molar refractivity (Wildman–Crippen MR) is 98.7 cm³/mol. The minimum Gasteiger partial charge on any atom is -0.494 e. The number of nitrogens with one attached hydrogen (secondary N) is 1. The van der Waals surface area contributed by atoms with Crippen LogP contribution in [0.25, 0.3) is 0 Å². The molecule has 1 aliphatic rings. The van der Waals surface area contributed by atoms with E-state index in [9.17, 15) is 0 Å². The normalized spacial score (nSPS) is 16.0. The SMILES string of the molecule is COc1ccccc1N=C1NN=C(c2ccc(Cl)c(Cl)c2)CS1. The lowest BCUT2D eigenvalue weighted by atomic mass is 10.1. The molecule has 7 heteroatoms. The van der Waals surface area contributed by atoms with Crippen molar-refractivity contribution in [3.8, 4) is 5.75 Å². The average molecular weight is 366 g/mol. The van der Waals surface area contributed by atoms with Crippen LogP contribution in [-0.4, -0.2) is 23.7 Å². The van der Waals surface area contributed by atoms with E-state index >= 15 is 0 Å². The number of nitrogens with zero attached hydrogens (tertiary/aromatic N) is 2. The summed E-state index contributed by atoms with van der Waals surface area (Å²) in [6.07, 6.45) is 0. The molecule has 3 rings (SSSR count). The maximum absolute atomic E-state index is 6.05. The van der Waals surface area contributed by atoms with Crippen LogP contribution in [0.2, 0.25) is 10.0 Å². The van der Waals surface area contributed by atoms with Crippen molar-refractivity contribution in [2.75, 3.05) is 12.9 Å². The minimum atomic E-state index is 0.519. The van der Waals surface area contributed by atoms with Crippen LogP contribution in [0.5, 0.6) is 5.75 Å². The summed E-state index contributed by atoms with van der Waals surface area (Å²) in [7, 11) is 1.63. The Bertz CT molecular complexity index is 793. The number of para-hydroxylation sites is 2. The highest BCUT2D eigenvalue weighted by molar-refractivity contribution is 8.14. The molecule has 1 aliphatic heterocycles. The Labute approximate surface area is 148 Å². The Morgan fingerprint density at radius 3 is 2.70 bits per heavy atom. The molecule has 0 amide bonds. The number of aliphatic imine (C=N–C) groups is 1. The fraction of sp³-hybridized carbons (Fsp3) is 0.125. The third kappa shape index (κ3) is 3.80. The van der Waals surface area contributed by atoms with Gasteiger partial charge in [0.15, 0.2) is 5.17 Å². The molecule has 1 heterocycles. The second-order valence-corrected chi connectivity index (χ2v) is 6.46. The van der Waals surface area contributed by atoms with Crippen molar-refractivity contribution >= 4 is 51.5 Å². The molecule has 0 spiro atoms. The lowest BCUT2D eigenvalue weighted by molar-refractivity contribution is 0.416. The lowest BCUT2D eigenvalue weighted by Crippen LogP contribution is -2.25. The number of hydrogen-bond donors (Lipinski definition) is 1. The van der Waals surface area contributed by atoms with Gasteiger partial charge in [0.05, 0.1) is 22.9 Å². The summed E-state index contributed by atoms with van der Waals surface area (Å²) < 4.78 is 5.29. The van der Waals surface area contributed by atoms with Gasteiger partial charge in [0, 0.05) is 11.3 Å². The second kappa shape index (κ2) is 7.25. The zero-order chi connectivity index (χ0) is 16.2. The molecule has 118 valence electrons.